The Morgan fingerprint density at radius 3 is 2.33 bits per heavy atom. The van der Waals surface area contributed by atoms with Crippen LogP contribution in [-0.4, -0.2) is 0 Å². The van der Waals surface area contributed by atoms with Gasteiger partial charge in [-0.05, 0) is 39.6 Å². The summed E-state index contributed by atoms with van der Waals surface area (Å²) in [5, 5.41) is 5.07. The third-order valence-electron chi connectivity index (χ3n) is 3.45. The maximum Gasteiger partial charge on any atom is 0.0527 e. The highest BCUT2D eigenvalue weighted by molar-refractivity contribution is 7.26. The van der Waals surface area contributed by atoms with Crippen LogP contribution in [0.1, 0.15) is 50.0 Å². The van der Waals surface area contributed by atoms with E-state index in [1.807, 2.05) is 22.7 Å². The van der Waals surface area contributed by atoms with Crippen LogP contribution in [0.3, 0.4) is 0 Å². The molecule has 2 aromatic heterocycles. The van der Waals surface area contributed by atoms with E-state index in [4.69, 9.17) is 0 Å². The van der Waals surface area contributed by atoms with Crippen molar-refractivity contribution in [3.63, 3.8) is 0 Å². The van der Waals surface area contributed by atoms with Crippen LogP contribution >= 0.6 is 22.7 Å². The molecule has 0 atom stereocenters. The van der Waals surface area contributed by atoms with E-state index in [0.29, 0.717) is 11.8 Å². The molecule has 0 radical (unpaired) electrons. The van der Waals surface area contributed by atoms with Crippen molar-refractivity contribution < 1.29 is 0 Å². The number of hydrogen-bond acceptors (Lipinski definition) is 2. The standard InChI is InChI=1S/C16H18S2/c1-9(2)13-12-6-5-11-7-8-17-15(11)16(12)18-14(13)10(3)4/h5-10H,1-4H3. The Hall–Kier alpha value is -0.860. The van der Waals surface area contributed by atoms with Crippen LogP contribution in [-0.2, 0) is 0 Å². The summed E-state index contributed by atoms with van der Waals surface area (Å²) in [5.74, 6) is 1.23. The molecule has 1 aromatic carbocycles. The molecule has 0 fully saturated rings. The van der Waals surface area contributed by atoms with Crippen molar-refractivity contribution in [3.05, 3.63) is 34.0 Å². The summed E-state index contributed by atoms with van der Waals surface area (Å²) in [7, 11) is 0. The summed E-state index contributed by atoms with van der Waals surface area (Å²) >= 11 is 3.88. The summed E-state index contributed by atoms with van der Waals surface area (Å²) in [6.07, 6.45) is 0. The Morgan fingerprint density at radius 1 is 0.889 bits per heavy atom. The molecule has 2 heteroatoms. The number of fused-ring (bicyclic) bond motifs is 3. The fraction of sp³-hybridized carbons (Fsp3) is 0.375. The predicted octanol–water partition coefficient (Wildman–Crippen LogP) is 6.36. The molecule has 0 unspecified atom stereocenters. The van der Waals surface area contributed by atoms with Crippen molar-refractivity contribution in [2.75, 3.05) is 0 Å². The maximum atomic E-state index is 2.32. The zero-order chi connectivity index (χ0) is 12.9. The maximum absolute atomic E-state index is 2.32. The quantitative estimate of drug-likeness (QED) is 0.510. The minimum atomic E-state index is 0.605. The lowest BCUT2D eigenvalue weighted by Gasteiger charge is -2.10. The average Bonchev–Trinajstić information content (AvgIpc) is 2.91. The highest BCUT2D eigenvalue weighted by Gasteiger charge is 2.18. The van der Waals surface area contributed by atoms with Crippen LogP contribution in [0.15, 0.2) is 23.6 Å². The Morgan fingerprint density at radius 2 is 1.67 bits per heavy atom. The molecule has 0 aliphatic heterocycles. The Balaban J connectivity index is 2.45. The first-order chi connectivity index (χ1) is 8.59. The van der Waals surface area contributed by atoms with Crippen molar-refractivity contribution in [2.24, 2.45) is 0 Å². The first-order valence-electron chi connectivity index (χ1n) is 6.52. The van der Waals surface area contributed by atoms with Gasteiger partial charge in [0, 0.05) is 4.88 Å². The van der Waals surface area contributed by atoms with Gasteiger partial charge in [0.2, 0.25) is 0 Å². The molecular formula is C16H18S2. The fourth-order valence-electron chi connectivity index (χ4n) is 2.64. The van der Waals surface area contributed by atoms with E-state index >= 15 is 0 Å². The van der Waals surface area contributed by atoms with E-state index in [2.05, 4.69) is 51.3 Å². The number of rotatable bonds is 2. The van der Waals surface area contributed by atoms with E-state index in [1.54, 1.807) is 10.4 Å². The van der Waals surface area contributed by atoms with Crippen molar-refractivity contribution in [3.8, 4) is 0 Å². The predicted molar refractivity (Wildman–Crippen MR) is 85.4 cm³/mol. The van der Waals surface area contributed by atoms with E-state index < -0.39 is 0 Å². The molecule has 0 aliphatic carbocycles. The highest BCUT2D eigenvalue weighted by Crippen LogP contribution is 2.44. The van der Waals surface area contributed by atoms with E-state index in [9.17, 15) is 0 Å². The molecule has 0 amide bonds. The topological polar surface area (TPSA) is 0 Å². The molecule has 0 aliphatic rings. The van der Waals surface area contributed by atoms with Crippen LogP contribution in [0.4, 0.5) is 0 Å². The zero-order valence-electron chi connectivity index (χ0n) is 11.3. The fourth-order valence-corrected chi connectivity index (χ4v) is 5.16. The molecule has 3 aromatic rings. The van der Waals surface area contributed by atoms with Gasteiger partial charge in [0.05, 0.1) is 9.40 Å². The second kappa shape index (κ2) is 4.36. The third-order valence-corrected chi connectivity index (χ3v) is 6.06. The largest absolute Gasteiger partial charge is 0.142 e. The lowest BCUT2D eigenvalue weighted by Crippen LogP contribution is -1.93. The second-order valence-electron chi connectivity index (χ2n) is 5.47. The molecule has 2 heterocycles. The first kappa shape index (κ1) is 12.2. The van der Waals surface area contributed by atoms with Gasteiger partial charge in [-0.1, -0.05) is 39.8 Å². The Bertz CT molecular complexity index is 698. The summed E-state index contributed by atoms with van der Waals surface area (Å²) < 4.78 is 2.96. The normalized spacial score (nSPS) is 12.3. The lowest BCUT2D eigenvalue weighted by atomic mass is 9.95. The molecule has 0 saturated carbocycles. The van der Waals surface area contributed by atoms with Crippen LogP contribution in [0, 0.1) is 0 Å². The van der Waals surface area contributed by atoms with Gasteiger partial charge in [-0.15, -0.1) is 22.7 Å². The second-order valence-corrected chi connectivity index (χ2v) is 7.44. The monoisotopic (exact) mass is 274 g/mol. The first-order valence-corrected chi connectivity index (χ1v) is 8.21. The number of hydrogen-bond donors (Lipinski definition) is 0. The summed E-state index contributed by atoms with van der Waals surface area (Å²) in [4.78, 5) is 1.57. The molecule has 0 bridgehead atoms. The van der Waals surface area contributed by atoms with Crippen molar-refractivity contribution in [2.45, 2.75) is 39.5 Å². The van der Waals surface area contributed by atoms with Crippen LogP contribution in [0.25, 0.3) is 20.2 Å². The summed E-state index contributed by atoms with van der Waals surface area (Å²) in [5.41, 5.74) is 1.57. The van der Waals surface area contributed by atoms with Gasteiger partial charge in [0.25, 0.3) is 0 Å². The number of benzene rings is 1. The molecule has 94 valence electrons. The van der Waals surface area contributed by atoms with Crippen LogP contribution < -0.4 is 0 Å². The Kier molecular flexibility index (Phi) is 2.95. The minimum absolute atomic E-state index is 0.605. The summed E-state index contributed by atoms with van der Waals surface area (Å²) in [6, 6.07) is 6.82. The molecule has 3 rings (SSSR count). The van der Waals surface area contributed by atoms with Crippen LogP contribution in [0.2, 0.25) is 0 Å². The van der Waals surface area contributed by atoms with Crippen molar-refractivity contribution in [1.29, 1.82) is 0 Å². The molecule has 18 heavy (non-hydrogen) atoms. The molecule has 0 spiro atoms. The molecule has 0 nitrogen and oxygen atoms in total. The van der Waals surface area contributed by atoms with Gasteiger partial charge >= 0.3 is 0 Å². The van der Waals surface area contributed by atoms with Gasteiger partial charge in [0.15, 0.2) is 0 Å². The van der Waals surface area contributed by atoms with Gasteiger partial charge in [-0.2, -0.15) is 0 Å². The molecule has 0 saturated heterocycles. The van der Waals surface area contributed by atoms with Crippen molar-refractivity contribution >= 4 is 42.8 Å². The third kappa shape index (κ3) is 1.70. The molecular weight excluding hydrogens is 256 g/mol. The van der Waals surface area contributed by atoms with Gasteiger partial charge in [-0.25, -0.2) is 0 Å². The van der Waals surface area contributed by atoms with E-state index in [0.717, 1.165) is 0 Å². The average molecular weight is 274 g/mol. The summed E-state index contributed by atoms with van der Waals surface area (Å²) in [6.45, 7) is 9.24. The van der Waals surface area contributed by atoms with E-state index in [-0.39, 0.29) is 0 Å². The van der Waals surface area contributed by atoms with Gasteiger partial charge < -0.3 is 0 Å². The minimum Gasteiger partial charge on any atom is -0.142 e. The molecule has 0 N–H and O–H groups in total. The lowest BCUT2D eigenvalue weighted by molar-refractivity contribution is 0.815. The SMILES string of the molecule is CC(C)c1sc2c(ccc3ccsc32)c1C(C)C. The van der Waals surface area contributed by atoms with Gasteiger partial charge in [-0.3, -0.25) is 0 Å². The smallest absolute Gasteiger partial charge is 0.0527 e. The zero-order valence-corrected chi connectivity index (χ0v) is 12.9. The Labute approximate surface area is 116 Å². The van der Waals surface area contributed by atoms with Gasteiger partial charge in [0.1, 0.15) is 0 Å². The number of thiophene rings is 2. The van der Waals surface area contributed by atoms with Crippen LogP contribution in [0.5, 0.6) is 0 Å². The highest BCUT2D eigenvalue weighted by atomic mass is 32.1. The van der Waals surface area contributed by atoms with Crippen molar-refractivity contribution in [1.82, 2.24) is 0 Å². The van der Waals surface area contributed by atoms with E-state index in [1.165, 1.54) is 20.2 Å².